The minimum Gasteiger partial charge on any atom is -0.461 e. The Morgan fingerprint density at radius 1 is 0.923 bits per heavy atom. The standard InChI is InChI=1S/C16H12BrO3.C5H5.Fe/c17-12-7-5-10(6-8-12)15(19)13-9-14(18)20-16(13)11-3-1-2-4-11;1-2-4-5-3-1;/h1-8,13,16H,9H2;1-5H;/q;;+2/t13-,16-;;/m0../s1. The van der Waals surface area contributed by atoms with Crippen molar-refractivity contribution < 1.29 is 31.4 Å². The Morgan fingerprint density at radius 3 is 2.00 bits per heavy atom. The van der Waals surface area contributed by atoms with E-state index in [1.165, 1.54) is 0 Å². The van der Waals surface area contributed by atoms with Gasteiger partial charge in [0.25, 0.3) is 0 Å². The van der Waals surface area contributed by atoms with Crippen molar-refractivity contribution in [1.29, 1.82) is 0 Å². The molecule has 3 nitrogen and oxygen atoms in total. The molecule has 0 amide bonds. The smallest absolute Gasteiger partial charge is 0.461 e. The third-order valence-corrected chi connectivity index (χ3v) is 4.58. The number of esters is 1. The third kappa shape index (κ3) is 5.68. The van der Waals surface area contributed by atoms with E-state index in [0.717, 1.165) is 10.4 Å². The van der Waals surface area contributed by atoms with Crippen molar-refractivity contribution in [2.75, 3.05) is 0 Å². The molecular weight excluding hydrogens is 436 g/mol. The van der Waals surface area contributed by atoms with Gasteiger partial charge in [-0.1, -0.05) is 28.1 Å². The average molecular weight is 453 g/mol. The molecular formula is C21H17BrFeO3+2. The van der Waals surface area contributed by atoms with Gasteiger partial charge in [0.15, 0.2) is 5.78 Å². The Labute approximate surface area is 175 Å². The van der Waals surface area contributed by atoms with Crippen LogP contribution in [0.3, 0.4) is 0 Å². The van der Waals surface area contributed by atoms with Crippen molar-refractivity contribution in [3.63, 3.8) is 0 Å². The number of hydrogen-bond donors (Lipinski definition) is 0. The van der Waals surface area contributed by atoms with Gasteiger partial charge in [0.05, 0.1) is 12.3 Å². The minimum atomic E-state index is -0.464. The largest absolute Gasteiger partial charge is 2.00 e. The van der Waals surface area contributed by atoms with Gasteiger partial charge in [0.2, 0.25) is 0 Å². The van der Waals surface area contributed by atoms with Crippen LogP contribution in [0.1, 0.15) is 16.8 Å². The van der Waals surface area contributed by atoms with Gasteiger partial charge in [0, 0.05) is 16.0 Å². The molecule has 132 valence electrons. The molecule has 0 aromatic heterocycles. The summed E-state index contributed by atoms with van der Waals surface area (Å²) in [5.41, 5.74) is 0.605. The number of rotatable bonds is 3. The molecule has 0 unspecified atom stereocenters. The first-order valence-corrected chi connectivity index (χ1v) is 8.82. The van der Waals surface area contributed by atoms with E-state index in [1.54, 1.807) is 12.1 Å². The molecule has 4 rings (SSSR count). The van der Waals surface area contributed by atoms with E-state index in [-0.39, 0.29) is 35.2 Å². The second kappa shape index (κ2) is 10.6. The summed E-state index contributed by atoms with van der Waals surface area (Å²) in [6, 6.07) is 7.17. The molecule has 10 radical (unpaired) electrons. The Hall–Kier alpha value is -0.641. The Balaban J connectivity index is 0.000000351. The maximum Gasteiger partial charge on any atom is 2.00 e. The van der Waals surface area contributed by atoms with Crippen LogP contribution in [0, 0.1) is 69.6 Å². The van der Waals surface area contributed by atoms with Crippen molar-refractivity contribution in [1.82, 2.24) is 0 Å². The van der Waals surface area contributed by atoms with Crippen LogP contribution in [0.4, 0.5) is 0 Å². The number of ketones is 1. The normalized spacial score (nSPS) is 25.2. The molecule has 0 bridgehead atoms. The number of carbonyl (C=O) groups excluding carboxylic acids is 2. The molecule has 0 N–H and O–H groups in total. The summed E-state index contributed by atoms with van der Waals surface area (Å²) >= 11 is 3.34. The number of carbonyl (C=O) groups is 2. The second-order valence-electron chi connectivity index (χ2n) is 5.77. The first-order valence-electron chi connectivity index (χ1n) is 8.02. The first kappa shape index (κ1) is 21.7. The molecule has 5 heteroatoms. The zero-order chi connectivity index (χ0) is 17.6. The summed E-state index contributed by atoms with van der Waals surface area (Å²) in [6.45, 7) is 0. The van der Waals surface area contributed by atoms with Crippen LogP contribution < -0.4 is 0 Å². The van der Waals surface area contributed by atoms with E-state index < -0.39 is 12.0 Å². The van der Waals surface area contributed by atoms with Crippen molar-refractivity contribution in [2.45, 2.75) is 12.5 Å². The van der Waals surface area contributed by atoms with Crippen LogP contribution in [0.5, 0.6) is 0 Å². The average Bonchev–Trinajstić information content (AvgIpc) is 3.37. The van der Waals surface area contributed by atoms with Crippen LogP contribution in [0.2, 0.25) is 0 Å². The molecule has 1 saturated heterocycles. The van der Waals surface area contributed by atoms with Crippen LogP contribution >= 0.6 is 15.9 Å². The number of halogens is 1. The molecule has 26 heavy (non-hydrogen) atoms. The Kier molecular flexibility index (Phi) is 8.86. The van der Waals surface area contributed by atoms with Crippen molar-refractivity contribution in [3.05, 3.63) is 98.0 Å². The Morgan fingerprint density at radius 2 is 1.46 bits per heavy atom. The molecule has 1 heterocycles. The fourth-order valence-corrected chi connectivity index (χ4v) is 3.08. The fourth-order valence-electron chi connectivity index (χ4n) is 2.82. The molecule has 0 spiro atoms. The van der Waals surface area contributed by atoms with Gasteiger partial charge in [-0.15, -0.1) is 0 Å². The van der Waals surface area contributed by atoms with E-state index in [9.17, 15) is 9.59 Å². The van der Waals surface area contributed by atoms with Crippen molar-refractivity contribution in [2.24, 2.45) is 5.92 Å². The number of cyclic esters (lactones) is 1. The zero-order valence-corrected chi connectivity index (χ0v) is 16.5. The van der Waals surface area contributed by atoms with Gasteiger partial charge in [-0.05, 0) is 69.9 Å². The van der Waals surface area contributed by atoms with Gasteiger partial charge in [-0.2, -0.15) is 0 Å². The van der Waals surface area contributed by atoms with E-state index in [0.29, 0.717) is 5.56 Å². The van der Waals surface area contributed by atoms with Gasteiger partial charge in [-0.25, -0.2) is 0 Å². The van der Waals surface area contributed by atoms with E-state index in [4.69, 9.17) is 4.74 Å². The number of Topliss-reactive ketones (excluding diaryl/α,β-unsaturated/α-hetero) is 1. The molecule has 3 aliphatic rings. The van der Waals surface area contributed by atoms with Crippen molar-refractivity contribution in [3.8, 4) is 0 Å². The van der Waals surface area contributed by atoms with E-state index >= 15 is 0 Å². The number of hydrogen-bond acceptors (Lipinski definition) is 3. The number of benzene rings is 1. The SMILES string of the molecule is O=C1C[C@@H](C(=O)c2ccc(Br)cc2)[C@H]([C]2[CH][CH][CH][CH]2)O1.[CH]1[CH][CH][CH][CH]1.[Fe+2]. The van der Waals surface area contributed by atoms with Crippen LogP contribution in [0.25, 0.3) is 0 Å². The predicted octanol–water partition coefficient (Wildman–Crippen LogP) is 3.99. The van der Waals surface area contributed by atoms with Crippen LogP contribution in [-0.2, 0) is 26.6 Å². The summed E-state index contributed by atoms with van der Waals surface area (Å²) in [5.74, 6) is 0.0820. The third-order valence-electron chi connectivity index (χ3n) is 4.05. The van der Waals surface area contributed by atoms with Gasteiger partial charge in [-0.3, -0.25) is 9.59 Å². The molecule has 2 aliphatic carbocycles. The predicted molar refractivity (Wildman–Crippen MR) is 98.4 cm³/mol. The van der Waals surface area contributed by atoms with E-state index in [2.05, 4.69) is 15.9 Å². The summed E-state index contributed by atoms with van der Waals surface area (Å²) < 4.78 is 6.23. The minimum absolute atomic E-state index is 0. The molecule has 2 atom stereocenters. The molecule has 1 aromatic carbocycles. The van der Waals surface area contributed by atoms with Crippen LogP contribution in [0.15, 0.2) is 28.7 Å². The first-order chi connectivity index (χ1) is 12.1. The maximum absolute atomic E-state index is 12.6. The summed E-state index contributed by atoms with van der Waals surface area (Å²) in [6.07, 6.45) is 17.2. The second-order valence-corrected chi connectivity index (χ2v) is 6.69. The molecule has 1 aromatic rings. The fraction of sp³-hybridized carbons (Fsp3) is 0.143. The quantitative estimate of drug-likeness (QED) is 0.395. The number of ether oxygens (including phenoxy) is 1. The molecule has 2 saturated carbocycles. The zero-order valence-electron chi connectivity index (χ0n) is 13.8. The maximum atomic E-state index is 12.6. The summed E-state index contributed by atoms with van der Waals surface area (Å²) in [7, 11) is 0. The van der Waals surface area contributed by atoms with Crippen LogP contribution in [-0.4, -0.2) is 17.9 Å². The van der Waals surface area contributed by atoms with Gasteiger partial charge < -0.3 is 4.74 Å². The topological polar surface area (TPSA) is 43.4 Å². The Bertz CT molecular complexity index is 584. The monoisotopic (exact) mass is 452 g/mol. The molecule has 1 aliphatic heterocycles. The van der Waals surface area contributed by atoms with Gasteiger partial charge in [0.1, 0.15) is 6.10 Å². The van der Waals surface area contributed by atoms with E-state index in [1.807, 2.05) is 69.9 Å². The summed E-state index contributed by atoms with van der Waals surface area (Å²) in [5, 5.41) is 0. The molecule has 3 fully saturated rings. The van der Waals surface area contributed by atoms with Crippen molar-refractivity contribution >= 4 is 27.7 Å². The summed E-state index contributed by atoms with van der Waals surface area (Å²) in [4.78, 5) is 24.1. The van der Waals surface area contributed by atoms with Gasteiger partial charge >= 0.3 is 23.0 Å².